The van der Waals surface area contributed by atoms with Crippen LogP contribution in [0.2, 0.25) is 0 Å². The van der Waals surface area contributed by atoms with Crippen LogP contribution < -0.4 is 15.8 Å². The molecule has 1 aromatic carbocycles. The summed E-state index contributed by atoms with van der Waals surface area (Å²) in [6.45, 7) is 0.272. The fourth-order valence-electron chi connectivity index (χ4n) is 1.26. The van der Waals surface area contributed by atoms with Gasteiger partial charge in [0.1, 0.15) is 11.6 Å². The molecule has 1 amide bonds. The number of ether oxygens (including phenoxy) is 1. The summed E-state index contributed by atoms with van der Waals surface area (Å²) >= 11 is 0. The van der Waals surface area contributed by atoms with Crippen LogP contribution >= 0.6 is 0 Å². The number of anilines is 1. The van der Waals surface area contributed by atoms with Gasteiger partial charge in [0.25, 0.3) is 0 Å². The highest BCUT2D eigenvalue weighted by molar-refractivity contribution is 5.70. The molecule has 4 N–H and O–H groups in total. The number of H-pyrrole nitrogens is 1. The maximum absolute atomic E-state index is 11.4. The largest absolute Gasteiger partial charge is 0.412 e. The van der Waals surface area contributed by atoms with Gasteiger partial charge in [0.05, 0.1) is 12.7 Å². The van der Waals surface area contributed by atoms with Gasteiger partial charge in [-0.25, -0.2) is 4.79 Å². The maximum atomic E-state index is 11.4. The average molecular weight is 232 g/mol. The number of nitrogens with two attached hydrogens (primary N) is 1. The number of amides is 1. The molecule has 1 heterocycles. The van der Waals surface area contributed by atoms with Crippen LogP contribution in [0.1, 0.15) is 5.56 Å². The molecule has 1 aromatic heterocycles. The third-order valence-electron chi connectivity index (χ3n) is 2.13. The number of benzene rings is 1. The second-order valence-corrected chi connectivity index (χ2v) is 3.37. The molecule has 17 heavy (non-hydrogen) atoms. The van der Waals surface area contributed by atoms with Gasteiger partial charge in [-0.3, -0.25) is 5.10 Å². The Morgan fingerprint density at radius 2 is 2.18 bits per heavy atom. The van der Waals surface area contributed by atoms with Gasteiger partial charge in [-0.1, -0.05) is 18.2 Å². The topological polar surface area (TPSA) is 93.0 Å². The van der Waals surface area contributed by atoms with Crippen molar-refractivity contribution in [3.05, 3.63) is 42.1 Å². The molecule has 0 bridgehead atoms. The van der Waals surface area contributed by atoms with E-state index in [1.807, 2.05) is 6.07 Å². The van der Waals surface area contributed by atoms with Crippen LogP contribution in [0.5, 0.6) is 5.75 Å². The first kappa shape index (κ1) is 11.0. The number of nitrogens with zero attached hydrogens (tertiary/aromatic N) is 1. The number of nitrogens with one attached hydrogen (secondary N) is 2. The molecule has 2 rings (SSSR count). The Labute approximate surface area is 97.8 Å². The van der Waals surface area contributed by atoms with Crippen molar-refractivity contribution in [1.82, 2.24) is 15.5 Å². The normalized spacial score (nSPS) is 9.88. The van der Waals surface area contributed by atoms with Crippen LogP contribution in [0.4, 0.5) is 10.6 Å². The number of carbonyl (C=O) groups is 1. The zero-order valence-corrected chi connectivity index (χ0v) is 9.01. The number of carbonyl (C=O) groups excluding carboxylic acids is 1. The smallest absolute Gasteiger partial charge is 0.410 e. The average Bonchev–Trinajstić information content (AvgIpc) is 2.74. The van der Waals surface area contributed by atoms with Gasteiger partial charge in [-0.2, -0.15) is 5.10 Å². The third kappa shape index (κ3) is 2.97. The highest BCUT2D eigenvalue weighted by Gasteiger charge is 2.06. The molecule has 0 fully saturated rings. The Morgan fingerprint density at radius 1 is 1.41 bits per heavy atom. The summed E-state index contributed by atoms with van der Waals surface area (Å²) in [5, 5.41) is 8.89. The summed E-state index contributed by atoms with van der Waals surface area (Å²) in [4.78, 5) is 11.4. The molecule has 0 aliphatic rings. The summed E-state index contributed by atoms with van der Waals surface area (Å²) in [6.07, 6.45) is 1.02. The zero-order valence-electron chi connectivity index (χ0n) is 9.01. The molecule has 0 unspecified atom stereocenters. The molecule has 0 aliphatic heterocycles. The molecule has 0 spiro atoms. The Balaban J connectivity index is 1.84. The maximum Gasteiger partial charge on any atom is 0.412 e. The van der Waals surface area contributed by atoms with E-state index in [9.17, 15) is 4.79 Å². The number of hydrogen-bond acceptors (Lipinski definition) is 4. The highest BCUT2D eigenvalue weighted by atomic mass is 16.5. The van der Waals surface area contributed by atoms with Crippen molar-refractivity contribution >= 4 is 11.9 Å². The van der Waals surface area contributed by atoms with E-state index in [-0.39, 0.29) is 6.54 Å². The summed E-state index contributed by atoms with van der Waals surface area (Å²) < 4.78 is 5.03. The highest BCUT2D eigenvalue weighted by Crippen LogP contribution is 2.09. The number of aromatic amines is 1. The van der Waals surface area contributed by atoms with Crippen LogP contribution in [0.3, 0.4) is 0 Å². The van der Waals surface area contributed by atoms with Gasteiger partial charge in [0.15, 0.2) is 0 Å². The molecule has 0 saturated carbocycles. The summed E-state index contributed by atoms with van der Waals surface area (Å²) in [7, 11) is 0. The molecule has 0 saturated heterocycles. The Morgan fingerprint density at radius 3 is 2.82 bits per heavy atom. The van der Waals surface area contributed by atoms with Crippen molar-refractivity contribution in [2.24, 2.45) is 0 Å². The fraction of sp³-hybridized carbons (Fsp3) is 0.0909. The van der Waals surface area contributed by atoms with Crippen molar-refractivity contribution in [2.75, 3.05) is 5.73 Å². The van der Waals surface area contributed by atoms with Crippen molar-refractivity contribution in [1.29, 1.82) is 0 Å². The van der Waals surface area contributed by atoms with Gasteiger partial charge in [-0.05, 0) is 12.1 Å². The molecule has 0 aliphatic carbocycles. The Kier molecular flexibility index (Phi) is 3.25. The molecule has 2 aromatic rings. The summed E-state index contributed by atoms with van der Waals surface area (Å²) in [5.41, 5.74) is 6.29. The van der Waals surface area contributed by atoms with Gasteiger partial charge in [0.2, 0.25) is 0 Å². The molecular weight excluding hydrogens is 220 g/mol. The first-order valence-electron chi connectivity index (χ1n) is 5.04. The summed E-state index contributed by atoms with van der Waals surface area (Å²) in [5.74, 6) is 0.926. The van der Waals surface area contributed by atoms with E-state index in [4.69, 9.17) is 10.5 Å². The van der Waals surface area contributed by atoms with Gasteiger partial charge in [-0.15, -0.1) is 0 Å². The predicted octanol–water partition coefficient (Wildman–Crippen LogP) is 1.28. The minimum atomic E-state index is -0.531. The minimum Gasteiger partial charge on any atom is -0.410 e. The van der Waals surface area contributed by atoms with E-state index in [0.29, 0.717) is 11.6 Å². The third-order valence-corrected chi connectivity index (χ3v) is 2.13. The lowest BCUT2D eigenvalue weighted by molar-refractivity contribution is 0.200. The van der Waals surface area contributed by atoms with Gasteiger partial charge < -0.3 is 15.8 Å². The standard InChI is InChI=1S/C11H12N4O2/c12-10-8(7-14-15-10)6-13-11(16)17-9-4-2-1-3-5-9/h1-5,7H,6H2,(H,13,16)(H3,12,14,15). The SMILES string of the molecule is Nc1[nH]ncc1CNC(=O)Oc1ccccc1. The Bertz CT molecular complexity index is 495. The second-order valence-electron chi connectivity index (χ2n) is 3.37. The molecule has 88 valence electrons. The molecule has 0 atom stereocenters. The molecular formula is C11H12N4O2. The molecule has 6 heteroatoms. The van der Waals surface area contributed by atoms with Crippen LogP contribution in [0.25, 0.3) is 0 Å². The fourth-order valence-corrected chi connectivity index (χ4v) is 1.26. The first-order valence-corrected chi connectivity index (χ1v) is 5.04. The van der Waals surface area contributed by atoms with Crippen LogP contribution in [0, 0.1) is 0 Å². The van der Waals surface area contributed by atoms with E-state index in [1.54, 1.807) is 30.5 Å². The number of hydrogen-bond donors (Lipinski definition) is 3. The van der Waals surface area contributed by atoms with E-state index in [1.165, 1.54) is 0 Å². The van der Waals surface area contributed by atoms with Crippen molar-refractivity contribution in [2.45, 2.75) is 6.54 Å². The van der Waals surface area contributed by atoms with Crippen molar-refractivity contribution in [3.8, 4) is 5.75 Å². The van der Waals surface area contributed by atoms with Gasteiger partial charge >= 0.3 is 6.09 Å². The number of rotatable bonds is 3. The predicted molar refractivity (Wildman–Crippen MR) is 62.3 cm³/mol. The summed E-state index contributed by atoms with van der Waals surface area (Å²) in [6, 6.07) is 8.82. The molecule has 0 radical (unpaired) electrons. The van der Waals surface area contributed by atoms with E-state index in [2.05, 4.69) is 15.5 Å². The molecule has 6 nitrogen and oxygen atoms in total. The zero-order chi connectivity index (χ0) is 12.1. The number of aromatic nitrogens is 2. The van der Waals surface area contributed by atoms with E-state index in [0.717, 1.165) is 5.56 Å². The quantitative estimate of drug-likeness (QED) is 0.743. The van der Waals surface area contributed by atoms with Gasteiger partial charge in [0, 0.05) is 5.56 Å². The van der Waals surface area contributed by atoms with Crippen LogP contribution in [-0.4, -0.2) is 16.3 Å². The first-order chi connectivity index (χ1) is 8.25. The second kappa shape index (κ2) is 5.02. The lowest BCUT2D eigenvalue weighted by Gasteiger charge is -2.05. The van der Waals surface area contributed by atoms with Crippen LogP contribution in [0.15, 0.2) is 36.5 Å². The lowest BCUT2D eigenvalue weighted by Crippen LogP contribution is -2.26. The van der Waals surface area contributed by atoms with Crippen molar-refractivity contribution < 1.29 is 9.53 Å². The van der Waals surface area contributed by atoms with Crippen molar-refractivity contribution in [3.63, 3.8) is 0 Å². The van der Waals surface area contributed by atoms with E-state index >= 15 is 0 Å². The number of para-hydroxylation sites is 1. The monoisotopic (exact) mass is 232 g/mol. The van der Waals surface area contributed by atoms with E-state index < -0.39 is 6.09 Å². The lowest BCUT2D eigenvalue weighted by atomic mass is 10.3. The van der Waals surface area contributed by atoms with Crippen LogP contribution in [-0.2, 0) is 6.54 Å². The number of nitrogen functional groups attached to an aromatic ring is 1. The Hall–Kier alpha value is -2.50. The minimum absolute atomic E-state index is 0.272.